The van der Waals surface area contributed by atoms with Crippen LogP contribution in [0.25, 0.3) is 11.3 Å². The second kappa shape index (κ2) is 6.29. The van der Waals surface area contributed by atoms with Gasteiger partial charge in [-0.25, -0.2) is 4.39 Å². The Morgan fingerprint density at radius 2 is 1.96 bits per heavy atom. The van der Waals surface area contributed by atoms with Gasteiger partial charge in [-0.2, -0.15) is 0 Å². The molecule has 1 aromatic heterocycles. The van der Waals surface area contributed by atoms with E-state index in [4.69, 9.17) is 0 Å². The lowest BCUT2D eigenvalue weighted by atomic mass is 10.0. The lowest BCUT2D eigenvalue weighted by Crippen LogP contribution is -2.02. The largest absolute Gasteiger partial charge is 0.337 e. The Morgan fingerprint density at radius 3 is 2.79 bits per heavy atom. The number of hydrogen-bond acceptors (Lipinski definition) is 2. The summed E-state index contributed by atoms with van der Waals surface area (Å²) in [7, 11) is 0. The molecular weight excluding hydrogens is 321 g/mol. The number of rotatable bonds is 3. The van der Waals surface area contributed by atoms with E-state index >= 15 is 0 Å². The smallest absolute Gasteiger partial charge is 0.166 e. The average Bonchev–Trinajstić information content (AvgIpc) is 2.81. The van der Waals surface area contributed by atoms with Gasteiger partial charge in [0.1, 0.15) is 5.82 Å². The summed E-state index contributed by atoms with van der Waals surface area (Å²) in [5.74, 6) is -0.249. The van der Waals surface area contributed by atoms with Crippen molar-refractivity contribution >= 4 is 18.0 Å². The minimum atomic E-state index is -0.249. The van der Waals surface area contributed by atoms with E-state index in [0.29, 0.717) is 5.69 Å². The van der Waals surface area contributed by atoms with E-state index in [1.165, 1.54) is 35.0 Å². The number of carbonyl (C=O) groups excluding carboxylic acids is 1. The first-order valence-electron chi connectivity index (χ1n) is 7.96. The van der Waals surface area contributed by atoms with Crippen molar-refractivity contribution in [3.63, 3.8) is 0 Å². The summed E-state index contributed by atoms with van der Waals surface area (Å²) in [6.07, 6.45) is 2.91. The minimum Gasteiger partial charge on any atom is -0.337 e. The maximum atomic E-state index is 13.5. The first-order chi connectivity index (χ1) is 11.8. The van der Waals surface area contributed by atoms with E-state index in [9.17, 15) is 9.18 Å². The molecule has 0 fully saturated rings. The maximum Gasteiger partial charge on any atom is 0.166 e. The second-order valence-corrected chi connectivity index (χ2v) is 6.99. The van der Waals surface area contributed by atoms with Gasteiger partial charge in [0.05, 0.1) is 11.4 Å². The maximum absolute atomic E-state index is 13.5. The van der Waals surface area contributed by atoms with E-state index in [0.717, 1.165) is 41.2 Å². The lowest BCUT2D eigenvalue weighted by Gasteiger charge is -2.11. The molecule has 0 unspecified atom stereocenters. The van der Waals surface area contributed by atoms with Crippen molar-refractivity contribution in [2.75, 3.05) is 0 Å². The molecule has 0 amide bonds. The van der Waals surface area contributed by atoms with Crippen molar-refractivity contribution in [3.8, 4) is 11.3 Å². The van der Waals surface area contributed by atoms with Crippen molar-refractivity contribution < 1.29 is 9.18 Å². The van der Waals surface area contributed by atoms with Crippen LogP contribution >= 0.6 is 11.8 Å². The van der Waals surface area contributed by atoms with Gasteiger partial charge >= 0.3 is 0 Å². The molecule has 0 aliphatic carbocycles. The highest BCUT2D eigenvalue weighted by molar-refractivity contribution is 7.99. The first kappa shape index (κ1) is 15.2. The zero-order valence-corrected chi connectivity index (χ0v) is 13.9. The van der Waals surface area contributed by atoms with E-state index in [1.807, 2.05) is 18.2 Å². The molecule has 24 heavy (non-hydrogen) atoms. The van der Waals surface area contributed by atoms with Crippen LogP contribution in [0.1, 0.15) is 22.5 Å². The topological polar surface area (TPSA) is 22.0 Å². The number of benzene rings is 2. The highest BCUT2D eigenvalue weighted by Crippen LogP contribution is 2.41. The molecule has 0 radical (unpaired) electrons. The van der Waals surface area contributed by atoms with Gasteiger partial charge in [0, 0.05) is 21.9 Å². The Hall–Kier alpha value is -2.33. The molecule has 3 aromatic rings. The molecule has 2 nitrogen and oxygen atoms in total. The van der Waals surface area contributed by atoms with Gasteiger partial charge in [-0.15, -0.1) is 0 Å². The van der Waals surface area contributed by atoms with Gasteiger partial charge in [0.25, 0.3) is 0 Å². The van der Waals surface area contributed by atoms with Crippen molar-refractivity contribution in [2.24, 2.45) is 0 Å². The van der Waals surface area contributed by atoms with E-state index in [-0.39, 0.29) is 5.82 Å². The average molecular weight is 337 g/mol. The molecule has 1 aliphatic heterocycles. The standard InChI is InChI=1S/C20H16FNOS/c21-15-7-3-8-17(11-15)24-19-12-16(13-23)22-10-4-6-14-5-1-2-9-18(14)20(19)22/h1-3,5,7-9,11-13H,4,6,10H2. The van der Waals surface area contributed by atoms with Gasteiger partial charge in [-0.1, -0.05) is 42.1 Å². The highest BCUT2D eigenvalue weighted by atomic mass is 32.2. The van der Waals surface area contributed by atoms with Gasteiger partial charge in [0.15, 0.2) is 6.29 Å². The fourth-order valence-electron chi connectivity index (χ4n) is 3.29. The summed E-state index contributed by atoms with van der Waals surface area (Å²) in [6.45, 7) is 0.821. The molecule has 0 saturated heterocycles. The summed E-state index contributed by atoms with van der Waals surface area (Å²) < 4.78 is 15.6. The summed E-state index contributed by atoms with van der Waals surface area (Å²) in [5.41, 5.74) is 4.22. The van der Waals surface area contributed by atoms with Crippen LogP contribution in [0.2, 0.25) is 0 Å². The normalized spacial score (nSPS) is 13.0. The molecule has 4 heteroatoms. The van der Waals surface area contributed by atoms with E-state index in [2.05, 4.69) is 22.8 Å². The molecule has 1 aliphatic rings. The van der Waals surface area contributed by atoms with E-state index in [1.54, 1.807) is 6.07 Å². The summed E-state index contributed by atoms with van der Waals surface area (Å²) in [6, 6.07) is 16.8. The number of carbonyl (C=O) groups is 1. The van der Waals surface area contributed by atoms with Crippen molar-refractivity contribution in [2.45, 2.75) is 29.2 Å². The zero-order chi connectivity index (χ0) is 16.5. The predicted octanol–water partition coefficient (Wildman–Crippen LogP) is 5.20. The van der Waals surface area contributed by atoms with Gasteiger partial charge in [0.2, 0.25) is 0 Å². The minimum absolute atomic E-state index is 0.249. The Labute approximate surface area is 144 Å². The SMILES string of the molecule is O=Cc1cc(Sc2cccc(F)c2)c2n1CCCc1ccccc1-2. The van der Waals surface area contributed by atoms with Crippen molar-refractivity contribution in [1.29, 1.82) is 0 Å². The van der Waals surface area contributed by atoms with Crippen LogP contribution < -0.4 is 0 Å². The molecule has 2 aromatic carbocycles. The molecule has 0 spiro atoms. The Morgan fingerprint density at radius 1 is 1.08 bits per heavy atom. The summed E-state index contributed by atoms with van der Waals surface area (Å²) in [5, 5.41) is 0. The highest BCUT2D eigenvalue weighted by Gasteiger charge is 2.21. The quantitative estimate of drug-likeness (QED) is 0.613. The monoisotopic (exact) mass is 337 g/mol. The lowest BCUT2D eigenvalue weighted by molar-refractivity contribution is 0.111. The van der Waals surface area contributed by atoms with Crippen LogP contribution in [0.4, 0.5) is 4.39 Å². The number of fused-ring (bicyclic) bond motifs is 3. The number of aldehydes is 1. The molecule has 4 rings (SSSR count). The molecule has 2 heterocycles. The van der Waals surface area contributed by atoms with Gasteiger partial charge in [-0.05, 0) is 42.7 Å². The molecular formula is C20H16FNOS. The molecule has 0 saturated carbocycles. The number of aryl methyl sites for hydroxylation is 1. The Kier molecular flexibility index (Phi) is 3.98. The van der Waals surface area contributed by atoms with Crippen LogP contribution in [0.5, 0.6) is 0 Å². The Bertz CT molecular complexity index is 916. The third kappa shape index (κ3) is 2.67. The summed E-state index contributed by atoms with van der Waals surface area (Å²) in [4.78, 5) is 13.4. The van der Waals surface area contributed by atoms with Crippen LogP contribution in [0.15, 0.2) is 64.4 Å². The van der Waals surface area contributed by atoms with Gasteiger partial charge < -0.3 is 4.57 Å². The molecule has 0 bridgehead atoms. The van der Waals surface area contributed by atoms with Crippen LogP contribution in [-0.4, -0.2) is 10.9 Å². The predicted molar refractivity (Wildman–Crippen MR) is 94.1 cm³/mol. The van der Waals surface area contributed by atoms with Crippen LogP contribution in [0, 0.1) is 5.82 Å². The number of nitrogens with zero attached hydrogens (tertiary/aromatic N) is 1. The van der Waals surface area contributed by atoms with Crippen LogP contribution in [-0.2, 0) is 13.0 Å². The third-order valence-electron chi connectivity index (χ3n) is 4.34. The molecule has 0 N–H and O–H groups in total. The molecule has 0 atom stereocenters. The second-order valence-electron chi connectivity index (χ2n) is 5.87. The molecule has 120 valence electrons. The van der Waals surface area contributed by atoms with Crippen LogP contribution in [0.3, 0.4) is 0 Å². The third-order valence-corrected chi connectivity index (χ3v) is 5.36. The fourth-order valence-corrected chi connectivity index (χ4v) is 4.36. The number of halogens is 1. The van der Waals surface area contributed by atoms with Gasteiger partial charge in [-0.3, -0.25) is 4.79 Å². The van der Waals surface area contributed by atoms with E-state index < -0.39 is 0 Å². The fraction of sp³-hybridized carbons (Fsp3) is 0.150. The Balaban J connectivity index is 1.88. The number of aromatic nitrogens is 1. The summed E-state index contributed by atoms with van der Waals surface area (Å²) >= 11 is 1.51. The first-order valence-corrected chi connectivity index (χ1v) is 8.78. The van der Waals surface area contributed by atoms with Crippen molar-refractivity contribution in [1.82, 2.24) is 4.57 Å². The number of hydrogen-bond donors (Lipinski definition) is 0. The van der Waals surface area contributed by atoms with Crippen molar-refractivity contribution in [3.05, 3.63) is 71.7 Å². The zero-order valence-electron chi connectivity index (χ0n) is 13.0.